The lowest BCUT2D eigenvalue weighted by molar-refractivity contribution is -0.118. The number of rotatable bonds is 6. The molecule has 5 heteroatoms. The molecular formula is C17H21N3OS. The highest BCUT2D eigenvalue weighted by molar-refractivity contribution is 7.99. The van der Waals surface area contributed by atoms with Crippen molar-refractivity contribution in [1.82, 2.24) is 15.3 Å². The second-order valence-electron chi connectivity index (χ2n) is 5.41. The highest BCUT2D eigenvalue weighted by atomic mass is 32.2. The molecule has 22 heavy (non-hydrogen) atoms. The molecule has 0 aliphatic heterocycles. The van der Waals surface area contributed by atoms with E-state index in [1.54, 1.807) is 0 Å². The third-order valence-electron chi connectivity index (χ3n) is 3.05. The summed E-state index contributed by atoms with van der Waals surface area (Å²) in [5, 5.41) is 3.77. The SMILES string of the molecule is Cc1cc(SCC(=O)NCc2ccccc2)nc(C(C)C)n1. The van der Waals surface area contributed by atoms with Crippen LogP contribution in [0.15, 0.2) is 41.4 Å². The van der Waals surface area contributed by atoms with Gasteiger partial charge in [0.2, 0.25) is 5.91 Å². The Morgan fingerprint density at radius 1 is 1.23 bits per heavy atom. The zero-order valence-electron chi connectivity index (χ0n) is 13.2. The Morgan fingerprint density at radius 2 is 1.95 bits per heavy atom. The lowest BCUT2D eigenvalue weighted by Gasteiger charge is -2.08. The molecule has 0 fully saturated rings. The maximum absolute atomic E-state index is 11.9. The molecule has 0 saturated carbocycles. The molecule has 4 nitrogen and oxygen atoms in total. The summed E-state index contributed by atoms with van der Waals surface area (Å²) in [5.41, 5.74) is 2.03. The van der Waals surface area contributed by atoms with Crippen LogP contribution in [-0.4, -0.2) is 21.6 Å². The molecule has 116 valence electrons. The molecule has 2 aromatic rings. The quantitative estimate of drug-likeness (QED) is 0.656. The first-order valence-electron chi connectivity index (χ1n) is 7.33. The lowest BCUT2D eigenvalue weighted by Crippen LogP contribution is -2.24. The lowest BCUT2D eigenvalue weighted by atomic mass is 10.2. The third-order valence-corrected chi connectivity index (χ3v) is 3.96. The fourth-order valence-electron chi connectivity index (χ4n) is 1.88. The first-order valence-corrected chi connectivity index (χ1v) is 8.32. The Bertz CT molecular complexity index is 629. The number of amides is 1. The highest BCUT2D eigenvalue weighted by Gasteiger charge is 2.08. The largest absolute Gasteiger partial charge is 0.351 e. The number of carbonyl (C=O) groups excluding carboxylic acids is 1. The normalized spacial score (nSPS) is 10.7. The number of nitrogens with one attached hydrogen (secondary N) is 1. The maximum atomic E-state index is 11.9. The molecule has 2 rings (SSSR count). The number of hydrogen-bond donors (Lipinski definition) is 1. The molecule has 0 aliphatic carbocycles. The first kappa shape index (κ1) is 16.5. The van der Waals surface area contributed by atoms with Crippen LogP contribution in [-0.2, 0) is 11.3 Å². The molecule has 0 saturated heterocycles. The van der Waals surface area contributed by atoms with Crippen molar-refractivity contribution >= 4 is 17.7 Å². The predicted octanol–water partition coefficient (Wildman–Crippen LogP) is 3.32. The van der Waals surface area contributed by atoms with Gasteiger partial charge in [0.25, 0.3) is 0 Å². The monoisotopic (exact) mass is 315 g/mol. The van der Waals surface area contributed by atoms with Crippen molar-refractivity contribution in [3.63, 3.8) is 0 Å². The second kappa shape index (κ2) is 7.94. The van der Waals surface area contributed by atoms with E-state index in [1.165, 1.54) is 11.8 Å². The summed E-state index contributed by atoms with van der Waals surface area (Å²) >= 11 is 1.45. The molecule has 0 spiro atoms. The molecule has 0 unspecified atom stereocenters. The number of nitrogens with zero attached hydrogens (tertiary/aromatic N) is 2. The average Bonchev–Trinajstić information content (AvgIpc) is 2.51. The Morgan fingerprint density at radius 3 is 2.64 bits per heavy atom. The van der Waals surface area contributed by atoms with Crippen molar-refractivity contribution in [2.24, 2.45) is 0 Å². The molecule has 1 amide bonds. The number of carbonyl (C=O) groups is 1. The summed E-state index contributed by atoms with van der Waals surface area (Å²) in [6.45, 7) is 6.64. The standard InChI is InChI=1S/C17H21N3OS/c1-12(2)17-19-13(3)9-16(20-17)22-11-15(21)18-10-14-7-5-4-6-8-14/h4-9,12H,10-11H2,1-3H3,(H,18,21). The van der Waals surface area contributed by atoms with Gasteiger partial charge in [0.1, 0.15) is 10.9 Å². The Labute approximate surface area is 135 Å². The van der Waals surface area contributed by atoms with E-state index in [0.717, 1.165) is 22.1 Å². The summed E-state index contributed by atoms with van der Waals surface area (Å²) < 4.78 is 0. The van der Waals surface area contributed by atoms with Gasteiger partial charge in [-0.25, -0.2) is 9.97 Å². The van der Waals surface area contributed by atoms with E-state index in [1.807, 2.05) is 43.3 Å². The van der Waals surface area contributed by atoms with Crippen LogP contribution in [0.3, 0.4) is 0 Å². The minimum absolute atomic E-state index is 0.0104. The fraction of sp³-hybridized carbons (Fsp3) is 0.353. The van der Waals surface area contributed by atoms with Crippen LogP contribution in [0.1, 0.15) is 36.8 Å². The summed E-state index contributed by atoms with van der Waals surface area (Å²) in [6, 6.07) is 11.8. The first-order chi connectivity index (χ1) is 10.5. The highest BCUT2D eigenvalue weighted by Crippen LogP contribution is 2.19. The second-order valence-corrected chi connectivity index (χ2v) is 6.41. The van der Waals surface area contributed by atoms with E-state index in [0.29, 0.717) is 12.3 Å². The summed E-state index contributed by atoms with van der Waals surface area (Å²) in [4.78, 5) is 20.8. The van der Waals surface area contributed by atoms with Crippen molar-refractivity contribution in [1.29, 1.82) is 0 Å². The Balaban J connectivity index is 1.86. The molecule has 0 radical (unpaired) electrons. The van der Waals surface area contributed by atoms with Crippen molar-refractivity contribution in [2.75, 3.05) is 5.75 Å². The molecule has 1 aromatic heterocycles. The van der Waals surface area contributed by atoms with E-state index < -0.39 is 0 Å². The summed E-state index contributed by atoms with van der Waals surface area (Å²) in [5.74, 6) is 1.48. The van der Waals surface area contributed by atoms with Crippen LogP contribution in [0.25, 0.3) is 0 Å². The third kappa shape index (κ3) is 5.15. The minimum Gasteiger partial charge on any atom is -0.351 e. The Kier molecular flexibility index (Phi) is 5.95. The van der Waals surface area contributed by atoms with E-state index in [2.05, 4.69) is 29.1 Å². The van der Waals surface area contributed by atoms with Crippen LogP contribution in [0.2, 0.25) is 0 Å². The smallest absolute Gasteiger partial charge is 0.230 e. The van der Waals surface area contributed by atoms with Crippen LogP contribution < -0.4 is 5.32 Å². The molecule has 1 heterocycles. The molecule has 0 atom stereocenters. The van der Waals surface area contributed by atoms with Crippen molar-refractivity contribution in [3.8, 4) is 0 Å². The summed E-state index contributed by atoms with van der Waals surface area (Å²) in [7, 11) is 0. The number of aromatic nitrogens is 2. The number of thioether (sulfide) groups is 1. The van der Waals surface area contributed by atoms with Gasteiger partial charge in [-0.15, -0.1) is 0 Å². The molecule has 0 bridgehead atoms. The van der Waals surface area contributed by atoms with Crippen molar-refractivity contribution in [2.45, 2.75) is 38.3 Å². The number of benzene rings is 1. The topological polar surface area (TPSA) is 54.9 Å². The molecule has 1 aromatic carbocycles. The van der Waals surface area contributed by atoms with Crippen LogP contribution >= 0.6 is 11.8 Å². The molecular weight excluding hydrogens is 294 g/mol. The van der Waals surface area contributed by atoms with Gasteiger partial charge in [-0.05, 0) is 18.6 Å². The van der Waals surface area contributed by atoms with Gasteiger partial charge in [0, 0.05) is 18.2 Å². The maximum Gasteiger partial charge on any atom is 0.230 e. The van der Waals surface area contributed by atoms with Gasteiger partial charge in [0.05, 0.1) is 5.75 Å². The van der Waals surface area contributed by atoms with Crippen molar-refractivity contribution in [3.05, 3.63) is 53.5 Å². The molecule has 0 aliphatic rings. The van der Waals surface area contributed by atoms with Crippen molar-refractivity contribution < 1.29 is 4.79 Å². The van der Waals surface area contributed by atoms with Gasteiger partial charge in [-0.1, -0.05) is 55.9 Å². The van der Waals surface area contributed by atoms with Gasteiger partial charge in [-0.2, -0.15) is 0 Å². The zero-order chi connectivity index (χ0) is 15.9. The van der Waals surface area contributed by atoms with Gasteiger partial charge < -0.3 is 5.32 Å². The van der Waals surface area contributed by atoms with E-state index in [-0.39, 0.29) is 11.8 Å². The fourth-order valence-corrected chi connectivity index (χ4v) is 2.67. The summed E-state index contributed by atoms with van der Waals surface area (Å²) in [6.07, 6.45) is 0. The van der Waals surface area contributed by atoms with E-state index >= 15 is 0 Å². The van der Waals surface area contributed by atoms with Gasteiger partial charge in [0.15, 0.2) is 0 Å². The minimum atomic E-state index is 0.0104. The predicted molar refractivity (Wildman–Crippen MR) is 89.9 cm³/mol. The van der Waals surface area contributed by atoms with E-state index in [9.17, 15) is 4.79 Å². The Hall–Kier alpha value is -1.88. The number of hydrogen-bond acceptors (Lipinski definition) is 4. The zero-order valence-corrected chi connectivity index (χ0v) is 14.0. The van der Waals surface area contributed by atoms with Gasteiger partial charge >= 0.3 is 0 Å². The average molecular weight is 315 g/mol. The number of aryl methyl sites for hydroxylation is 1. The van der Waals surface area contributed by atoms with Crippen LogP contribution in [0, 0.1) is 6.92 Å². The molecule has 1 N–H and O–H groups in total. The van der Waals surface area contributed by atoms with Crippen LogP contribution in [0.5, 0.6) is 0 Å². The van der Waals surface area contributed by atoms with E-state index in [4.69, 9.17) is 0 Å². The van der Waals surface area contributed by atoms with Gasteiger partial charge in [-0.3, -0.25) is 4.79 Å². The van der Waals surface area contributed by atoms with Crippen LogP contribution in [0.4, 0.5) is 0 Å².